The molecule has 1 aromatic carbocycles. The highest BCUT2D eigenvalue weighted by atomic mass is 16.5. The van der Waals surface area contributed by atoms with Gasteiger partial charge >= 0.3 is 5.97 Å². The van der Waals surface area contributed by atoms with Crippen LogP contribution in [0.25, 0.3) is 0 Å². The van der Waals surface area contributed by atoms with E-state index in [1.165, 1.54) is 14.0 Å². The SMILES string of the molecule is COC(=O)[C@H](CCCC(=O)c1ccccc1)NC(=O)[C@@H](C)C(C)O. The van der Waals surface area contributed by atoms with Crippen LogP contribution in [0.5, 0.6) is 0 Å². The maximum Gasteiger partial charge on any atom is 0.328 e. The molecule has 1 unspecified atom stereocenters. The Morgan fingerprint density at radius 1 is 1.17 bits per heavy atom. The maximum absolute atomic E-state index is 12.0. The summed E-state index contributed by atoms with van der Waals surface area (Å²) in [7, 11) is 1.24. The number of methoxy groups -OCH3 is 1. The summed E-state index contributed by atoms with van der Waals surface area (Å²) in [6.45, 7) is 3.09. The molecule has 6 heteroatoms. The van der Waals surface area contributed by atoms with Gasteiger partial charge in [0.15, 0.2) is 5.78 Å². The normalized spacial score (nSPS) is 14.3. The molecule has 0 heterocycles. The van der Waals surface area contributed by atoms with Gasteiger partial charge in [-0.25, -0.2) is 4.79 Å². The van der Waals surface area contributed by atoms with Gasteiger partial charge in [-0.2, -0.15) is 0 Å². The number of carbonyl (C=O) groups excluding carboxylic acids is 3. The first-order valence-electron chi connectivity index (χ1n) is 8.01. The fraction of sp³-hybridized carbons (Fsp3) is 0.500. The minimum Gasteiger partial charge on any atom is -0.467 e. The van der Waals surface area contributed by atoms with E-state index in [0.29, 0.717) is 18.4 Å². The number of esters is 1. The number of amides is 1. The van der Waals surface area contributed by atoms with Crippen LogP contribution in [0.3, 0.4) is 0 Å². The van der Waals surface area contributed by atoms with E-state index in [1.807, 2.05) is 6.07 Å². The van der Waals surface area contributed by atoms with Crippen LogP contribution in [0.4, 0.5) is 0 Å². The fourth-order valence-electron chi connectivity index (χ4n) is 2.15. The molecule has 0 aliphatic heterocycles. The third-order valence-corrected chi connectivity index (χ3v) is 3.93. The van der Waals surface area contributed by atoms with Crippen LogP contribution in [-0.4, -0.2) is 42.0 Å². The van der Waals surface area contributed by atoms with Gasteiger partial charge < -0.3 is 15.2 Å². The number of hydrogen-bond donors (Lipinski definition) is 2. The standard InChI is InChI=1S/C18H25NO5/c1-12(13(2)20)17(22)19-15(18(23)24-3)10-7-11-16(21)14-8-5-4-6-9-14/h4-6,8-9,12-13,15,20H,7,10-11H2,1-3H3,(H,19,22)/t12-,13?,15-/m0/s1. The van der Waals surface area contributed by atoms with Crippen molar-refractivity contribution in [3.05, 3.63) is 35.9 Å². The lowest BCUT2D eigenvalue weighted by Gasteiger charge is -2.20. The van der Waals surface area contributed by atoms with Crippen LogP contribution in [0.15, 0.2) is 30.3 Å². The fourth-order valence-corrected chi connectivity index (χ4v) is 2.15. The molecule has 0 aromatic heterocycles. The summed E-state index contributed by atoms with van der Waals surface area (Å²) in [5.74, 6) is -1.63. The average molecular weight is 335 g/mol. The molecule has 0 fully saturated rings. The molecule has 0 bridgehead atoms. The van der Waals surface area contributed by atoms with E-state index in [2.05, 4.69) is 5.32 Å². The van der Waals surface area contributed by atoms with Gasteiger partial charge in [0, 0.05) is 12.0 Å². The molecule has 0 aliphatic rings. The van der Waals surface area contributed by atoms with Gasteiger partial charge in [0.2, 0.25) is 5.91 Å². The molecule has 0 saturated carbocycles. The molecule has 24 heavy (non-hydrogen) atoms. The van der Waals surface area contributed by atoms with Crippen LogP contribution in [0, 0.1) is 5.92 Å². The first kappa shape index (κ1) is 19.8. The van der Waals surface area contributed by atoms with Crippen molar-refractivity contribution in [1.82, 2.24) is 5.32 Å². The third-order valence-electron chi connectivity index (χ3n) is 3.93. The summed E-state index contributed by atoms with van der Waals surface area (Å²) in [6, 6.07) is 8.08. The highest BCUT2D eigenvalue weighted by Crippen LogP contribution is 2.10. The quantitative estimate of drug-likeness (QED) is 0.529. The van der Waals surface area contributed by atoms with Crippen LogP contribution in [-0.2, 0) is 14.3 Å². The summed E-state index contributed by atoms with van der Waals surface area (Å²) in [4.78, 5) is 35.8. The Hall–Kier alpha value is -2.21. The number of ketones is 1. The highest BCUT2D eigenvalue weighted by Gasteiger charge is 2.26. The maximum atomic E-state index is 12.0. The molecule has 1 aromatic rings. The number of rotatable bonds is 9. The number of hydrogen-bond acceptors (Lipinski definition) is 5. The van der Waals surface area contributed by atoms with E-state index in [1.54, 1.807) is 31.2 Å². The Kier molecular flexibility index (Phi) is 8.12. The van der Waals surface area contributed by atoms with Gasteiger partial charge in [0.1, 0.15) is 6.04 Å². The van der Waals surface area contributed by atoms with E-state index in [9.17, 15) is 19.5 Å². The summed E-state index contributed by atoms with van der Waals surface area (Å²) < 4.78 is 4.69. The van der Waals surface area contributed by atoms with Crippen LogP contribution < -0.4 is 5.32 Å². The number of nitrogens with one attached hydrogen (secondary N) is 1. The lowest BCUT2D eigenvalue weighted by atomic mass is 10.0. The Balaban J connectivity index is 2.56. The number of carbonyl (C=O) groups is 3. The number of aliphatic hydroxyl groups is 1. The smallest absolute Gasteiger partial charge is 0.328 e. The highest BCUT2D eigenvalue weighted by molar-refractivity contribution is 5.96. The second kappa shape index (κ2) is 9.82. The second-order valence-electron chi connectivity index (χ2n) is 5.80. The van der Waals surface area contributed by atoms with Gasteiger partial charge in [-0.3, -0.25) is 9.59 Å². The molecule has 0 radical (unpaired) electrons. The summed E-state index contributed by atoms with van der Waals surface area (Å²) in [5, 5.41) is 12.0. The van der Waals surface area contributed by atoms with E-state index >= 15 is 0 Å². The summed E-state index contributed by atoms with van der Waals surface area (Å²) >= 11 is 0. The number of Topliss-reactive ketones (excluding diaryl/α,β-unsaturated/α-hetero) is 1. The molecule has 1 amide bonds. The van der Waals surface area contributed by atoms with Gasteiger partial charge in [-0.1, -0.05) is 37.3 Å². The van der Waals surface area contributed by atoms with Gasteiger partial charge in [0.25, 0.3) is 0 Å². The van der Waals surface area contributed by atoms with Crippen molar-refractivity contribution in [2.24, 2.45) is 5.92 Å². The Labute approximate surface area is 142 Å². The van der Waals surface area contributed by atoms with Crippen molar-refractivity contribution in [3.63, 3.8) is 0 Å². The number of aliphatic hydroxyl groups excluding tert-OH is 1. The zero-order chi connectivity index (χ0) is 18.1. The molecule has 6 nitrogen and oxygen atoms in total. The van der Waals surface area contributed by atoms with Crippen molar-refractivity contribution < 1.29 is 24.2 Å². The van der Waals surface area contributed by atoms with Crippen LogP contribution in [0.2, 0.25) is 0 Å². The van der Waals surface area contributed by atoms with Crippen molar-refractivity contribution in [2.45, 2.75) is 45.3 Å². The Morgan fingerprint density at radius 3 is 2.33 bits per heavy atom. The van der Waals surface area contributed by atoms with Gasteiger partial charge in [-0.05, 0) is 19.8 Å². The van der Waals surface area contributed by atoms with E-state index < -0.39 is 29.9 Å². The summed E-state index contributed by atoms with van der Waals surface area (Å²) in [5.41, 5.74) is 0.624. The zero-order valence-corrected chi connectivity index (χ0v) is 14.3. The van der Waals surface area contributed by atoms with Gasteiger partial charge in [0.05, 0.1) is 19.1 Å². The Morgan fingerprint density at radius 2 is 1.79 bits per heavy atom. The molecular formula is C18H25NO5. The largest absolute Gasteiger partial charge is 0.467 e. The molecule has 0 spiro atoms. The van der Waals surface area contributed by atoms with Crippen LogP contribution in [0.1, 0.15) is 43.5 Å². The number of benzene rings is 1. The minimum absolute atomic E-state index is 0.0112. The molecule has 0 saturated heterocycles. The lowest BCUT2D eigenvalue weighted by molar-refractivity contribution is -0.146. The lowest BCUT2D eigenvalue weighted by Crippen LogP contribution is -2.45. The molecular weight excluding hydrogens is 310 g/mol. The molecule has 0 aliphatic carbocycles. The van der Waals surface area contributed by atoms with E-state index in [-0.39, 0.29) is 12.2 Å². The topological polar surface area (TPSA) is 92.7 Å². The van der Waals surface area contributed by atoms with E-state index in [0.717, 1.165) is 0 Å². The molecule has 2 N–H and O–H groups in total. The van der Waals surface area contributed by atoms with Crippen LogP contribution >= 0.6 is 0 Å². The van der Waals surface area contributed by atoms with Gasteiger partial charge in [-0.15, -0.1) is 0 Å². The van der Waals surface area contributed by atoms with E-state index in [4.69, 9.17) is 4.74 Å². The second-order valence-corrected chi connectivity index (χ2v) is 5.80. The Bertz CT molecular complexity index is 556. The first-order valence-corrected chi connectivity index (χ1v) is 8.01. The van der Waals surface area contributed by atoms with Crippen molar-refractivity contribution in [2.75, 3.05) is 7.11 Å². The molecule has 3 atom stereocenters. The first-order chi connectivity index (χ1) is 11.4. The predicted molar refractivity (Wildman–Crippen MR) is 89.4 cm³/mol. The predicted octanol–water partition coefficient (Wildman–Crippen LogP) is 1.71. The summed E-state index contributed by atoms with van der Waals surface area (Å²) in [6.07, 6.45) is 0.197. The van der Waals surface area contributed by atoms with Crippen molar-refractivity contribution >= 4 is 17.7 Å². The monoisotopic (exact) mass is 335 g/mol. The zero-order valence-electron chi connectivity index (χ0n) is 14.3. The van der Waals surface area contributed by atoms with Crippen molar-refractivity contribution in [1.29, 1.82) is 0 Å². The average Bonchev–Trinajstić information content (AvgIpc) is 2.59. The minimum atomic E-state index is -0.827. The molecule has 1 rings (SSSR count). The number of ether oxygens (including phenoxy) is 1. The van der Waals surface area contributed by atoms with Crippen molar-refractivity contribution in [3.8, 4) is 0 Å². The molecule has 132 valence electrons. The third kappa shape index (κ3) is 6.12.